The highest BCUT2D eigenvalue weighted by atomic mass is 16.5. The lowest BCUT2D eigenvalue weighted by Gasteiger charge is -2.23. The van der Waals surface area contributed by atoms with E-state index in [1.54, 1.807) is 0 Å². The summed E-state index contributed by atoms with van der Waals surface area (Å²) in [6.45, 7) is 5.28. The lowest BCUT2D eigenvalue weighted by atomic mass is 10.1. The molecule has 0 aliphatic carbocycles. The van der Waals surface area contributed by atoms with Gasteiger partial charge >= 0.3 is 0 Å². The van der Waals surface area contributed by atoms with E-state index in [1.165, 1.54) is 0 Å². The lowest BCUT2D eigenvalue weighted by molar-refractivity contribution is -0.121. The van der Waals surface area contributed by atoms with E-state index >= 15 is 0 Å². The van der Waals surface area contributed by atoms with E-state index in [4.69, 9.17) is 4.74 Å². The van der Waals surface area contributed by atoms with Gasteiger partial charge in [0.15, 0.2) is 0 Å². The van der Waals surface area contributed by atoms with Gasteiger partial charge in [0.2, 0.25) is 5.91 Å². The number of nitrogens with zero attached hydrogens (tertiary/aromatic N) is 1. The molecule has 1 aliphatic heterocycles. The van der Waals surface area contributed by atoms with Crippen molar-refractivity contribution >= 4 is 11.6 Å². The molecule has 3 nitrogen and oxygen atoms in total. The molecule has 3 heteroatoms. The molecule has 0 bridgehead atoms. The SMILES string of the molecule is CC(C)C(=O)N1CCCOc2ccccc21. The van der Waals surface area contributed by atoms with Crippen LogP contribution in [0.3, 0.4) is 0 Å². The highest BCUT2D eigenvalue weighted by Gasteiger charge is 2.23. The second-order valence-electron chi connectivity index (χ2n) is 4.31. The number of anilines is 1. The monoisotopic (exact) mass is 219 g/mol. The highest BCUT2D eigenvalue weighted by molar-refractivity contribution is 5.96. The van der Waals surface area contributed by atoms with Crippen molar-refractivity contribution in [1.29, 1.82) is 0 Å². The van der Waals surface area contributed by atoms with Crippen LogP contribution in [0, 0.1) is 5.92 Å². The van der Waals surface area contributed by atoms with E-state index in [0.29, 0.717) is 6.61 Å². The minimum absolute atomic E-state index is 0.0196. The number of ether oxygens (including phenoxy) is 1. The molecule has 1 heterocycles. The van der Waals surface area contributed by atoms with Crippen LogP contribution in [0.2, 0.25) is 0 Å². The zero-order valence-corrected chi connectivity index (χ0v) is 9.77. The van der Waals surface area contributed by atoms with Gasteiger partial charge in [0, 0.05) is 12.5 Å². The molecule has 0 saturated carbocycles. The van der Waals surface area contributed by atoms with E-state index in [-0.39, 0.29) is 11.8 Å². The van der Waals surface area contributed by atoms with E-state index in [0.717, 1.165) is 24.4 Å². The van der Waals surface area contributed by atoms with Gasteiger partial charge < -0.3 is 9.64 Å². The molecule has 0 atom stereocenters. The van der Waals surface area contributed by atoms with Crippen LogP contribution in [-0.4, -0.2) is 19.1 Å². The van der Waals surface area contributed by atoms with Gasteiger partial charge in [-0.05, 0) is 18.6 Å². The molecule has 0 fully saturated rings. The van der Waals surface area contributed by atoms with E-state index in [9.17, 15) is 4.79 Å². The number of hydrogen-bond acceptors (Lipinski definition) is 2. The van der Waals surface area contributed by atoms with Gasteiger partial charge in [-0.1, -0.05) is 26.0 Å². The molecule has 1 aromatic rings. The van der Waals surface area contributed by atoms with Crippen LogP contribution < -0.4 is 9.64 Å². The highest BCUT2D eigenvalue weighted by Crippen LogP contribution is 2.31. The minimum atomic E-state index is 0.0196. The third-order valence-corrected chi connectivity index (χ3v) is 2.70. The predicted octanol–water partition coefficient (Wildman–Crippen LogP) is 2.46. The predicted molar refractivity (Wildman–Crippen MR) is 63.7 cm³/mol. The zero-order valence-electron chi connectivity index (χ0n) is 9.77. The first-order chi connectivity index (χ1) is 7.70. The third kappa shape index (κ3) is 2.03. The lowest BCUT2D eigenvalue weighted by Crippen LogP contribution is -2.34. The van der Waals surface area contributed by atoms with Crippen LogP contribution in [0.25, 0.3) is 0 Å². The number of hydrogen-bond donors (Lipinski definition) is 0. The molecule has 0 unspecified atom stereocenters. The fourth-order valence-electron chi connectivity index (χ4n) is 1.87. The number of carbonyl (C=O) groups is 1. The molecule has 0 N–H and O–H groups in total. The molecule has 16 heavy (non-hydrogen) atoms. The maximum Gasteiger partial charge on any atom is 0.229 e. The Bertz CT molecular complexity index is 387. The van der Waals surface area contributed by atoms with Crippen molar-refractivity contribution in [1.82, 2.24) is 0 Å². The number of benzene rings is 1. The first-order valence-electron chi connectivity index (χ1n) is 5.73. The average molecular weight is 219 g/mol. The van der Waals surface area contributed by atoms with Gasteiger partial charge in [-0.2, -0.15) is 0 Å². The molecule has 0 aromatic heterocycles. The Morgan fingerprint density at radius 1 is 1.38 bits per heavy atom. The quantitative estimate of drug-likeness (QED) is 0.726. The van der Waals surface area contributed by atoms with Crippen LogP contribution >= 0.6 is 0 Å². The van der Waals surface area contributed by atoms with Crippen molar-refractivity contribution in [3.63, 3.8) is 0 Å². The van der Waals surface area contributed by atoms with Gasteiger partial charge in [0.05, 0.1) is 12.3 Å². The Labute approximate surface area is 96.0 Å². The molecule has 1 aromatic carbocycles. The van der Waals surface area contributed by atoms with E-state index < -0.39 is 0 Å². The second-order valence-corrected chi connectivity index (χ2v) is 4.31. The normalized spacial score (nSPS) is 15.3. The Hall–Kier alpha value is -1.51. The summed E-state index contributed by atoms with van der Waals surface area (Å²) in [5.41, 5.74) is 0.902. The topological polar surface area (TPSA) is 29.5 Å². The summed E-state index contributed by atoms with van der Waals surface area (Å²) in [5.74, 6) is 0.998. The molecular weight excluding hydrogens is 202 g/mol. The summed E-state index contributed by atoms with van der Waals surface area (Å²) in [6, 6.07) is 7.73. The first kappa shape index (κ1) is 11.0. The van der Waals surface area contributed by atoms with Crippen LogP contribution in [-0.2, 0) is 4.79 Å². The van der Waals surface area contributed by atoms with Crippen molar-refractivity contribution in [3.05, 3.63) is 24.3 Å². The summed E-state index contributed by atoms with van der Waals surface area (Å²) in [4.78, 5) is 13.9. The van der Waals surface area contributed by atoms with Crippen LogP contribution in [0.15, 0.2) is 24.3 Å². The number of rotatable bonds is 1. The van der Waals surface area contributed by atoms with Gasteiger partial charge in [0.25, 0.3) is 0 Å². The summed E-state index contributed by atoms with van der Waals surface area (Å²) >= 11 is 0. The van der Waals surface area contributed by atoms with E-state index in [1.807, 2.05) is 43.0 Å². The summed E-state index contributed by atoms with van der Waals surface area (Å²) in [6.07, 6.45) is 0.882. The molecule has 0 spiro atoms. The molecule has 2 rings (SSSR count). The second kappa shape index (κ2) is 4.56. The molecule has 1 amide bonds. The number of carbonyl (C=O) groups excluding carboxylic acids is 1. The smallest absolute Gasteiger partial charge is 0.229 e. The number of amides is 1. The molecule has 0 radical (unpaired) electrons. The van der Waals surface area contributed by atoms with Crippen molar-refractivity contribution in [2.45, 2.75) is 20.3 Å². The Morgan fingerprint density at radius 2 is 2.12 bits per heavy atom. The van der Waals surface area contributed by atoms with Crippen molar-refractivity contribution in [2.75, 3.05) is 18.1 Å². The first-order valence-corrected chi connectivity index (χ1v) is 5.73. The molecule has 86 valence electrons. The molecule has 1 aliphatic rings. The van der Waals surface area contributed by atoms with Gasteiger partial charge in [-0.3, -0.25) is 4.79 Å². The zero-order chi connectivity index (χ0) is 11.5. The Balaban J connectivity index is 2.36. The van der Waals surface area contributed by atoms with Crippen LogP contribution in [0.1, 0.15) is 20.3 Å². The fourth-order valence-corrected chi connectivity index (χ4v) is 1.87. The maximum atomic E-state index is 12.1. The van der Waals surface area contributed by atoms with Gasteiger partial charge in [-0.15, -0.1) is 0 Å². The Kier molecular flexibility index (Phi) is 3.13. The van der Waals surface area contributed by atoms with Crippen molar-refractivity contribution in [3.8, 4) is 5.75 Å². The largest absolute Gasteiger partial charge is 0.491 e. The number of fused-ring (bicyclic) bond motifs is 1. The summed E-state index contributed by atoms with van der Waals surface area (Å²) < 4.78 is 5.61. The van der Waals surface area contributed by atoms with E-state index in [2.05, 4.69) is 0 Å². The summed E-state index contributed by atoms with van der Waals surface area (Å²) in [5, 5.41) is 0. The van der Waals surface area contributed by atoms with Crippen LogP contribution in [0.5, 0.6) is 5.75 Å². The number of para-hydroxylation sites is 2. The van der Waals surface area contributed by atoms with Gasteiger partial charge in [-0.25, -0.2) is 0 Å². The van der Waals surface area contributed by atoms with Crippen molar-refractivity contribution in [2.24, 2.45) is 5.92 Å². The third-order valence-electron chi connectivity index (χ3n) is 2.70. The fraction of sp³-hybridized carbons (Fsp3) is 0.462. The van der Waals surface area contributed by atoms with Crippen molar-refractivity contribution < 1.29 is 9.53 Å². The minimum Gasteiger partial charge on any atom is -0.491 e. The molecule has 0 saturated heterocycles. The summed E-state index contributed by atoms with van der Waals surface area (Å²) in [7, 11) is 0. The molecular formula is C13H17NO2. The Morgan fingerprint density at radius 3 is 2.88 bits per heavy atom. The van der Waals surface area contributed by atoms with Gasteiger partial charge in [0.1, 0.15) is 5.75 Å². The average Bonchev–Trinajstić information content (AvgIpc) is 2.50. The standard InChI is InChI=1S/C13H17NO2/c1-10(2)13(15)14-8-5-9-16-12-7-4-3-6-11(12)14/h3-4,6-7,10H,5,8-9H2,1-2H3. The van der Waals surface area contributed by atoms with Crippen LogP contribution in [0.4, 0.5) is 5.69 Å². The maximum absolute atomic E-state index is 12.1.